The maximum absolute atomic E-state index is 11.9. The predicted octanol–water partition coefficient (Wildman–Crippen LogP) is 0.838. The second-order valence-electron chi connectivity index (χ2n) is 5.06. The van der Waals surface area contributed by atoms with Crippen molar-refractivity contribution in [3.05, 3.63) is 35.4 Å². The quantitative estimate of drug-likeness (QED) is 0.885. The molecule has 5 nitrogen and oxygen atoms in total. The number of likely N-dealkylation sites (tertiary alicyclic amines) is 1. The first-order chi connectivity index (χ1) is 9.58. The second-order valence-corrected chi connectivity index (χ2v) is 5.06. The van der Waals surface area contributed by atoms with Crippen molar-refractivity contribution in [3.8, 4) is 6.07 Å². The lowest BCUT2D eigenvalue weighted by Gasteiger charge is -2.30. The number of carbonyl (C=O) groups is 2. The molecule has 2 amide bonds. The van der Waals surface area contributed by atoms with Crippen molar-refractivity contribution in [2.45, 2.75) is 25.3 Å². The summed E-state index contributed by atoms with van der Waals surface area (Å²) in [6.07, 6.45) is 1.47. The molecular weight excluding hydrogens is 254 g/mol. The van der Waals surface area contributed by atoms with Gasteiger partial charge >= 0.3 is 0 Å². The first-order valence-corrected chi connectivity index (χ1v) is 6.61. The van der Waals surface area contributed by atoms with E-state index < -0.39 is 0 Å². The van der Waals surface area contributed by atoms with Gasteiger partial charge in [0, 0.05) is 26.1 Å². The molecule has 0 spiro atoms. The highest BCUT2D eigenvalue weighted by Crippen LogP contribution is 2.10. The number of nitrogens with one attached hydrogen (secondary N) is 1. The van der Waals surface area contributed by atoms with E-state index in [-0.39, 0.29) is 17.9 Å². The molecule has 0 aromatic heterocycles. The minimum absolute atomic E-state index is 0.0311. The Morgan fingerprint density at radius 1 is 1.45 bits per heavy atom. The van der Waals surface area contributed by atoms with Gasteiger partial charge in [0.25, 0.3) is 0 Å². The summed E-state index contributed by atoms with van der Waals surface area (Å²) in [5.41, 5.74) is 1.46. The fraction of sp³-hybridized carbons (Fsp3) is 0.400. The summed E-state index contributed by atoms with van der Waals surface area (Å²) in [6.45, 7) is 0.567. The van der Waals surface area contributed by atoms with Gasteiger partial charge in [-0.2, -0.15) is 5.26 Å². The van der Waals surface area contributed by atoms with Crippen LogP contribution in [-0.4, -0.2) is 36.3 Å². The van der Waals surface area contributed by atoms with Crippen LogP contribution < -0.4 is 5.32 Å². The molecule has 1 aliphatic heterocycles. The average Bonchev–Trinajstić information content (AvgIpc) is 2.44. The number of benzene rings is 1. The number of nitriles is 1. The Kier molecular flexibility index (Phi) is 4.36. The third kappa shape index (κ3) is 3.58. The van der Waals surface area contributed by atoms with Crippen LogP contribution in [0.25, 0.3) is 0 Å². The zero-order valence-electron chi connectivity index (χ0n) is 11.4. The van der Waals surface area contributed by atoms with Gasteiger partial charge in [0.05, 0.1) is 18.1 Å². The number of hydrogen-bond acceptors (Lipinski definition) is 3. The zero-order chi connectivity index (χ0) is 14.5. The maximum Gasteiger partial charge on any atom is 0.224 e. The first kappa shape index (κ1) is 14.1. The summed E-state index contributed by atoms with van der Waals surface area (Å²) in [7, 11) is 1.75. The smallest absolute Gasteiger partial charge is 0.224 e. The number of carbonyl (C=O) groups excluding carboxylic acids is 2. The summed E-state index contributed by atoms with van der Waals surface area (Å²) in [5.74, 6) is 0.0741. The SMILES string of the molecule is CN1CC(NC(=O)Cc2ccc(C#N)cc2)CCC1=O. The molecule has 104 valence electrons. The lowest BCUT2D eigenvalue weighted by Crippen LogP contribution is -2.48. The number of rotatable bonds is 3. The summed E-state index contributed by atoms with van der Waals surface area (Å²) >= 11 is 0. The van der Waals surface area contributed by atoms with E-state index in [0.29, 0.717) is 31.4 Å². The topological polar surface area (TPSA) is 73.2 Å². The van der Waals surface area contributed by atoms with Gasteiger partial charge in [0.2, 0.25) is 11.8 Å². The summed E-state index contributed by atoms with van der Waals surface area (Å²) in [4.78, 5) is 25.0. The van der Waals surface area contributed by atoms with E-state index in [1.165, 1.54) is 0 Å². The molecule has 0 aliphatic carbocycles. The predicted molar refractivity (Wildman–Crippen MR) is 73.7 cm³/mol. The second kappa shape index (κ2) is 6.20. The highest BCUT2D eigenvalue weighted by Gasteiger charge is 2.23. The van der Waals surface area contributed by atoms with Crippen molar-refractivity contribution in [1.82, 2.24) is 10.2 Å². The summed E-state index contributed by atoms with van der Waals surface area (Å²) < 4.78 is 0. The zero-order valence-corrected chi connectivity index (χ0v) is 11.4. The Balaban J connectivity index is 1.86. The first-order valence-electron chi connectivity index (χ1n) is 6.61. The normalized spacial score (nSPS) is 18.5. The summed E-state index contributed by atoms with van der Waals surface area (Å²) in [6, 6.07) is 9.06. The van der Waals surface area contributed by atoms with Crippen molar-refractivity contribution in [3.63, 3.8) is 0 Å². The number of hydrogen-bond donors (Lipinski definition) is 1. The Morgan fingerprint density at radius 3 is 2.75 bits per heavy atom. The average molecular weight is 271 g/mol. The number of nitrogens with zero attached hydrogens (tertiary/aromatic N) is 2. The van der Waals surface area contributed by atoms with E-state index in [9.17, 15) is 9.59 Å². The number of amides is 2. The molecule has 1 saturated heterocycles. The molecule has 20 heavy (non-hydrogen) atoms. The molecule has 5 heteroatoms. The van der Waals surface area contributed by atoms with Crippen LogP contribution >= 0.6 is 0 Å². The van der Waals surface area contributed by atoms with Crippen LogP contribution in [0.4, 0.5) is 0 Å². The van der Waals surface area contributed by atoms with Crippen molar-refractivity contribution in [1.29, 1.82) is 5.26 Å². The van der Waals surface area contributed by atoms with Crippen molar-refractivity contribution in [2.24, 2.45) is 0 Å². The molecule has 1 aromatic carbocycles. The van der Waals surface area contributed by atoms with Gasteiger partial charge in [0.15, 0.2) is 0 Å². The molecule has 1 aliphatic rings. The van der Waals surface area contributed by atoms with Gasteiger partial charge in [-0.15, -0.1) is 0 Å². The van der Waals surface area contributed by atoms with E-state index in [1.54, 1.807) is 36.2 Å². The number of piperidine rings is 1. The molecule has 0 saturated carbocycles. The van der Waals surface area contributed by atoms with E-state index >= 15 is 0 Å². The van der Waals surface area contributed by atoms with Crippen LogP contribution in [0.3, 0.4) is 0 Å². The molecule has 1 fully saturated rings. The van der Waals surface area contributed by atoms with Crippen LogP contribution in [0.15, 0.2) is 24.3 Å². The lowest BCUT2D eigenvalue weighted by atomic mass is 10.0. The molecule has 1 atom stereocenters. The van der Waals surface area contributed by atoms with Gasteiger partial charge in [-0.05, 0) is 24.1 Å². The van der Waals surface area contributed by atoms with Gasteiger partial charge < -0.3 is 10.2 Å². The molecule has 1 aromatic rings. The van der Waals surface area contributed by atoms with Crippen LogP contribution in [0.2, 0.25) is 0 Å². The highest BCUT2D eigenvalue weighted by atomic mass is 16.2. The monoisotopic (exact) mass is 271 g/mol. The van der Waals surface area contributed by atoms with Gasteiger partial charge in [-0.25, -0.2) is 0 Å². The largest absolute Gasteiger partial charge is 0.351 e. The molecule has 0 radical (unpaired) electrons. The van der Waals surface area contributed by atoms with E-state index in [1.807, 2.05) is 6.07 Å². The fourth-order valence-electron chi connectivity index (χ4n) is 2.29. The third-order valence-electron chi connectivity index (χ3n) is 3.44. The highest BCUT2D eigenvalue weighted by molar-refractivity contribution is 5.80. The van der Waals surface area contributed by atoms with Crippen molar-refractivity contribution < 1.29 is 9.59 Å². The third-order valence-corrected chi connectivity index (χ3v) is 3.44. The Morgan fingerprint density at radius 2 is 2.15 bits per heavy atom. The Bertz CT molecular complexity index is 545. The van der Waals surface area contributed by atoms with Crippen molar-refractivity contribution >= 4 is 11.8 Å². The Labute approximate surface area is 118 Å². The molecule has 2 rings (SSSR count). The van der Waals surface area contributed by atoms with Gasteiger partial charge in [-0.1, -0.05) is 12.1 Å². The van der Waals surface area contributed by atoms with Crippen LogP contribution in [0, 0.1) is 11.3 Å². The van der Waals surface area contributed by atoms with Crippen LogP contribution in [0.1, 0.15) is 24.0 Å². The maximum atomic E-state index is 11.9. The van der Waals surface area contributed by atoms with E-state index in [2.05, 4.69) is 5.32 Å². The molecular formula is C15H17N3O2. The summed E-state index contributed by atoms with van der Waals surface area (Å²) in [5, 5.41) is 11.7. The molecule has 1 N–H and O–H groups in total. The van der Waals surface area contributed by atoms with Crippen LogP contribution in [-0.2, 0) is 16.0 Å². The number of likely N-dealkylation sites (N-methyl/N-ethyl adjacent to an activating group) is 1. The molecule has 0 bridgehead atoms. The van der Waals surface area contributed by atoms with Crippen molar-refractivity contribution in [2.75, 3.05) is 13.6 Å². The van der Waals surface area contributed by atoms with E-state index in [4.69, 9.17) is 5.26 Å². The fourth-order valence-corrected chi connectivity index (χ4v) is 2.29. The standard InChI is InChI=1S/C15H17N3O2/c1-18-10-13(6-7-15(18)20)17-14(19)8-11-2-4-12(9-16)5-3-11/h2-5,13H,6-8,10H2,1H3,(H,17,19). The Hall–Kier alpha value is -2.35. The van der Waals surface area contributed by atoms with Gasteiger partial charge in [-0.3, -0.25) is 9.59 Å². The van der Waals surface area contributed by atoms with E-state index in [0.717, 1.165) is 5.56 Å². The minimum Gasteiger partial charge on any atom is -0.351 e. The van der Waals surface area contributed by atoms with Gasteiger partial charge in [0.1, 0.15) is 0 Å². The minimum atomic E-state index is -0.0533. The molecule has 1 unspecified atom stereocenters. The molecule has 1 heterocycles. The lowest BCUT2D eigenvalue weighted by molar-refractivity contribution is -0.133. The van der Waals surface area contributed by atoms with Crippen LogP contribution in [0.5, 0.6) is 0 Å².